The number of non-ortho nitro benzene ring substituents is 1. The van der Waals surface area contributed by atoms with E-state index in [0.717, 1.165) is 0 Å². The molecule has 11 nitrogen and oxygen atoms in total. The van der Waals surface area contributed by atoms with Gasteiger partial charge in [-0.25, -0.2) is 0 Å². The van der Waals surface area contributed by atoms with Crippen LogP contribution in [0.2, 0.25) is 5.02 Å². The number of furan rings is 1. The first-order valence-corrected chi connectivity index (χ1v) is 7.84. The first-order valence-electron chi connectivity index (χ1n) is 7.46. The van der Waals surface area contributed by atoms with Gasteiger partial charge in [-0.3, -0.25) is 25.0 Å². The lowest BCUT2D eigenvalue weighted by Crippen LogP contribution is -2.14. The van der Waals surface area contributed by atoms with Gasteiger partial charge in [-0.2, -0.15) is 4.98 Å². The highest BCUT2D eigenvalue weighted by molar-refractivity contribution is 6.33. The number of H-pyrrole nitrogens is 1. The van der Waals surface area contributed by atoms with Crippen LogP contribution >= 0.6 is 11.6 Å². The summed E-state index contributed by atoms with van der Waals surface area (Å²) >= 11 is 6.06. The molecular weight excluding hydrogens is 396 g/mol. The molecule has 28 heavy (non-hydrogen) atoms. The van der Waals surface area contributed by atoms with Gasteiger partial charge >= 0.3 is 11.2 Å². The maximum Gasteiger partial charge on any atom is 0.395 e. The number of nitrogens with zero attached hydrogens (tertiary/aromatic N) is 3. The summed E-state index contributed by atoms with van der Waals surface area (Å²) in [5.41, 5.74) is -2.01. The molecule has 0 saturated heterocycles. The van der Waals surface area contributed by atoms with Crippen LogP contribution in [-0.4, -0.2) is 24.9 Å². The maximum atomic E-state index is 11.6. The summed E-state index contributed by atoms with van der Waals surface area (Å²) < 4.78 is 5.55. The van der Waals surface area contributed by atoms with Crippen molar-refractivity contribution in [1.82, 2.24) is 9.97 Å². The van der Waals surface area contributed by atoms with Crippen molar-refractivity contribution >= 4 is 35.1 Å². The van der Waals surface area contributed by atoms with Gasteiger partial charge < -0.3 is 14.5 Å². The number of nitro groups is 2. The zero-order chi connectivity index (χ0) is 20.4. The number of halogens is 1. The first-order chi connectivity index (χ1) is 13.3. The molecule has 2 aromatic heterocycles. The molecule has 1 aromatic carbocycles. The highest BCUT2D eigenvalue weighted by atomic mass is 35.5. The molecule has 0 unspecified atom stereocenters. The van der Waals surface area contributed by atoms with Crippen LogP contribution in [0.5, 0.6) is 5.88 Å². The molecule has 0 aliphatic rings. The van der Waals surface area contributed by atoms with Crippen molar-refractivity contribution in [2.24, 2.45) is 0 Å². The summed E-state index contributed by atoms with van der Waals surface area (Å²) in [5, 5.41) is 31.3. The molecule has 0 saturated carbocycles. The van der Waals surface area contributed by atoms with E-state index in [1.807, 2.05) is 0 Å². The minimum absolute atomic E-state index is 0.139. The van der Waals surface area contributed by atoms with Gasteiger partial charge in [0.2, 0.25) is 0 Å². The number of aromatic hydroxyl groups is 1. The lowest BCUT2D eigenvalue weighted by Gasteiger charge is -2.00. The van der Waals surface area contributed by atoms with Crippen LogP contribution in [0.3, 0.4) is 0 Å². The van der Waals surface area contributed by atoms with E-state index < -0.39 is 27.0 Å². The third kappa shape index (κ3) is 3.73. The third-order valence-electron chi connectivity index (χ3n) is 3.54. The fourth-order valence-electron chi connectivity index (χ4n) is 2.28. The van der Waals surface area contributed by atoms with E-state index in [4.69, 9.17) is 16.0 Å². The highest BCUT2D eigenvalue weighted by Crippen LogP contribution is 2.33. The average molecular weight is 405 g/mol. The fourth-order valence-corrected chi connectivity index (χ4v) is 2.49. The Balaban J connectivity index is 1.90. The lowest BCUT2D eigenvalue weighted by molar-refractivity contribution is -0.387. The molecule has 0 radical (unpaired) electrons. The van der Waals surface area contributed by atoms with Crippen molar-refractivity contribution in [3.8, 4) is 17.2 Å². The summed E-state index contributed by atoms with van der Waals surface area (Å²) in [5.74, 6) is -0.615. The number of rotatable bonds is 5. The standard InChI is InChI=1S/C16H9ClN4O7/c17-11-4-1-8(20(24)25)7-10(11)12-5-2-9(28-12)3-6-13-18-15(22)14(21(26)27)16(23)19-13/h1-7H,(H2,18,19,22,23)/b6-3-. The smallest absolute Gasteiger partial charge is 0.395 e. The summed E-state index contributed by atoms with van der Waals surface area (Å²) in [6, 6.07) is 6.97. The second-order valence-electron chi connectivity index (χ2n) is 5.34. The number of hydrogen-bond acceptors (Lipinski definition) is 8. The molecule has 0 aliphatic carbocycles. The van der Waals surface area contributed by atoms with E-state index in [0.29, 0.717) is 5.56 Å². The van der Waals surface area contributed by atoms with E-state index in [1.165, 1.54) is 42.5 Å². The molecule has 2 N–H and O–H groups in total. The van der Waals surface area contributed by atoms with Crippen LogP contribution in [-0.2, 0) is 0 Å². The Kier molecular flexibility index (Phi) is 4.92. The summed E-state index contributed by atoms with van der Waals surface area (Å²) in [6.45, 7) is 0. The Morgan fingerprint density at radius 3 is 2.54 bits per heavy atom. The molecule has 142 valence electrons. The topological polar surface area (TPSA) is 165 Å². The fraction of sp³-hybridized carbons (Fsp3) is 0. The molecule has 0 fully saturated rings. The highest BCUT2D eigenvalue weighted by Gasteiger charge is 2.21. The number of aromatic nitrogens is 2. The quantitative estimate of drug-likeness (QED) is 0.482. The first kappa shape index (κ1) is 18.8. The predicted molar refractivity (Wildman–Crippen MR) is 97.9 cm³/mol. The van der Waals surface area contributed by atoms with Crippen molar-refractivity contribution in [3.05, 3.63) is 77.5 Å². The lowest BCUT2D eigenvalue weighted by atomic mass is 10.1. The van der Waals surface area contributed by atoms with Crippen molar-refractivity contribution in [2.45, 2.75) is 0 Å². The van der Waals surface area contributed by atoms with E-state index in [2.05, 4.69) is 9.97 Å². The molecule has 3 aromatic rings. The van der Waals surface area contributed by atoms with Gasteiger partial charge in [0, 0.05) is 17.7 Å². The summed E-state index contributed by atoms with van der Waals surface area (Å²) in [7, 11) is 0. The normalized spacial score (nSPS) is 11.0. The second kappa shape index (κ2) is 7.32. The van der Waals surface area contributed by atoms with Crippen molar-refractivity contribution < 1.29 is 19.4 Å². The number of benzene rings is 1. The van der Waals surface area contributed by atoms with Crippen molar-refractivity contribution in [1.29, 1.82) is 0 Å². The summed E-state index contributed by atoms with van der Waals surface area (Å²) in [6.07, 6.45) is 2.63. The molecule has 0 atom stereocenters. The molecule has 0 aliphatic heterocycles. The minimum Gasteiger partial charge on any atom is -0.488 e. The minimum atomic E-state index is -1.11. The maximum absolute atomic E-state index is 11.6. The van der Waals surface area contributed by atoms with Gasteiger partial charge in [-0.05, 0) is 30.4 Å². The Morgan fingerprint density at radius 1 is 1.14 bits per heavy atom. The number of nitro benzene ring substituents is 1. The zero-order valence-electron chi connectivity index (χ0n) is 13.7. The van der Waals surface area contributed by atoms with Crippen LogP contribution in [0.15, 0.2) is 39.5 Å². The molecule has 12 heteroatoms. The van der Waals surface area contributed by atoms with Gasteiger partial charge in [0.1, 0.15) is 17.3 Å². The third-order valence-corrected chi connectivity index (χ3v) is 3.87. The molecule has 0 bridgehead atoms. The molecule has 0 amide bonds. The molecule has 3 rings (SSSR count). The van der Waals surface area contributed by atoms with Crippen LogP contribution < -0.4 is 5.56 Å². The van der Waals surface area contributed by atoms with Gasteiger partial charge in [0.05, 0.1) is 14.9 Å². The Labute approximate surface area is 159 Å². The largest absolute Gasteiger partial charge is 0.488 e. The van der Waals surface area contributed by atoms with Crippen molar-refractivity contribution in [3.63, 3.8) is 0 Å². The van der Waals surface area contributed by atoms with Crippen LogP contribution in [0.4, 0.5) is 11.4 Å². The molecular formula is C16H9ClN4O7. The predicted octanol–water partition coefficient (Wildman–Crippen LogP) is 3.38. The molecule has 2 heterocycles. The van der Waals surface area contributed by atoms with Crippen LogP contribution in [0.1, 0.15) is 11.6 Å². The monoisotopic (exact) mass is 404 g/mol. The van der Waals surface area contributed by atoms with Gasteiger partial charge in [0.15, 0.2) is 0 Å². The average Bonchev–Trinajstić information content (AvgIpc) is 3.08. The van der Waals surface area contributed by atoms with E-state index in [-0.39, 0.29) is 28.1 Å². The second-order valence-corrected chi connectivity index (χ2v) is 5.74. The Hall–Kier alpha value is -3.99. The Bertz CT molecular complexity index is 1180. The van der Waals surface area contributed by atoms with E-state index >= 15 is 0 Å². The zero-order valence-corrected chi connectivity index (χ0v) is 14.4. The van der Waals surface area contributed by atoms with E-state index in [9.17, 15) is 30.1 Å². The van der Waals surface area contributed by atoms with Gasteiger partial charge in [0.25, 0.3) is 11.6 Å². The van der Waals surface area contributed by atoms with Gasteiger partial charge in [-0.15, -0.1) is 0 Å². The number of aromatic amines is 1. The van der Waals surface area contributed by atoms with Crippen LogP contribution in [0, 0.1) is 20.2 Å². The van der Waals surface area contributed by atoms with E-state index in [1.54, 1.807) is 0 Å². The van der Waals surface area contributed by atoms with Crippen molar-refractivity contribution in [2.75, 3.05) is 0 Å². The molecule has 0 spiro atoms. The number of hydrogen-bond donors (Lipinski definition) is 2. The summed E-state index contributed by atoms with van der Waals surface area (Å²) in [4.78, 5) is 37.2. The Morgan fingerprint density at radius 2 is 1.89 bits per heavy atom. The number of nitrogens with one attached hydrogen (secondary N) is 1. The SMILES string of the molecule is O=c1[nH]c(/C=C\c2ccc(-c3cc([N+](=O)[O-])ccc3Cl)o2)nc(O)c1[N+](=O)[O-]. The van der Waals surface area contributed by atoms with Gasteiger partial charge in [-0.1, -0.05) is 11.6 Å². The van der Waals surface area contributed by atoms with Crippen LogP contribution in [0.25, 0.3) is 23.5 Å².